The monoisotopic (exact) mass is 279 g/mol. The van der Waals surface area contributed by atoms with Gasteiger partial charge in [-0.25, -0.2) is 9.97 Å². The second-order valence-electron chi connectivity index (χ2n) is 4.89. The maximum Gasteiger partial charge on any atom is 0.297 e. The molecular weight excluding hydrogens is 262 g/mol. The Bertz CT molecular complexity index is 572. The summed E-state index contributed by atoms with van der Waals surface area (Å²) < 4.78 is 0. The third-order valence-corrected chi connectivity index (χ3v) is 3.36. The van der Waals surface area contributed by atoms with E-state index in [2.05, 4.69) is 39.3 Å². The molecule has 0 spiro atoms. The fourth-order valence-electron chi connectivity index (χ4n) is 1.40. The van der Waals surface area contributed by atoms with Crippen LogP contribution in [0.2, 0.25) is 0 Å². The van der Waals surface area contributed by atoms with Crippen LogP contribution in [0.5, 0.6) is 0 Å². The summed E-state index contributed by atoms with van der Waals surface area (Å²) in [5.74, 6) is 1.06. The van der Waals surface area contributed by atoms with Crippen LogP contribution in [0.1, 0.15) is 61.7 Å². The fourth-order valence-corrected chi connectivity index (χ4v) is 2.26. The normalized spacial score (nSPS) is 11.3. The van der Waals surface area contributed by atoms with Crippen molar-refractivity contribution >= 4 is 22.4 Å². The first kappa shape index (κ1) is 13.7. The van der Waals surface area contributed by atoms with Gasteiger partial charge in [0.15, 0.2) is 5.13 Å². The SMILES string of the molecule is CC(C)c1csc(NC(=O)c2n[nH]c(C(C)C)n2)n1. The molecule has 19 heavy (non-hydrogen) atoms. The first-order chi connectivity index (χ1) is 8.97. The summed E-state index contributed by atoms with van der Waals surface area (Å²) in [4.78, 5) is 20.4. The molecular formula is C12H17N5OS. The van der Waals surface area contributed by atoms with Crippen LogP contribution in [-0.4, -0.2) is 26.1 Å². The highest BCUT2D eigenvalue weighted by molar-refractivity contribution is 7.14. The minimum atomic E-state index is -0.340. The molecule has 2 aromatic heterocycles. The van der Waals surface area contributed by atoms with Crippen LogP contribution < -0.4 is 5.32 Å². The number of carbonyl (C=O) groups excluding carboxylic acids is 1. The number of rotatable bonds is 4. The number of hydrogen-bond acceptors (Lipinski definition) is 5. The van der Waals surface area contributed by atoms with Crippen LogP contribution in [-0.2, 0) is 0 Å². The van der Waals surface area contributed by atoms with Gasteiger partial charge in [-0.2, -0.15) is 0 Å². The summed E-state index contributed by atoms with van der Waals surface area (Å²) in [5, 5.41) is 11.9. The number of nitrogens with zero attached hydrogens (tertiary/aromatic N) is 3. The van der Waals surface area contributed by atoms with E-state index >= 15 is 0 Å². The third-order valence-electron chi connectivity index (χ3n) is 2.59. The Morgan fingerprint density at radius 2 is 2.00 bits per heavy atom. The first-order valence-electron chi connectivity index (χ1n) is 6.16. The zero-order valence-electron chi connectivity index (χ0n) is 11.4. The Balaban J connectivity index is 2.07. The molecule has 0 radical (unpaired) electrons. The maximum atomic E-state index is 11.9. The molecule has 0 fully saturated rings. The van der Waals surface area contributed by atoms with Gasteiger partial charge in [-0.3, -0.25) is 15.2 Å². The molecule has 6 nitrogen and oxygen atoms in total. The average Bonchev–Trinajstić information content (AvgIpc) is 2.96. The number of carbonyl (C=O) groups is 1. The van der Waals surface area contributed by atoms with Crippen molar-refractivity contribution in [2.75, 3.05) is 5.32 Å². The molecule has 0 unspecified atom stereocenters. The van der Waals surface area contributed by atoms with E-state index in [0.29, 0.717) is 16.9 Å². The van der Waals surface area contributed by atoms with Crippen molar-refractivity contribution in [3.63, 3.8) is 0 Å². The number of amides is 1. The number of thiazole rings is 1. The van der Waals surface area contributed by atoms with E-state index in [1.165, 1.54) is 11.3 Å². The average molecular weight is 279 g/mol. The number of nitrogens with one attached hydrogen (secondary N) is 2. The molecule has 7 heteroatoms. The Kier molecular flexibility index (Phi) is 3.94. The molecule has 0 saturated carbocycles. The van der Waals surface area contributed by atoms with E-state index in [1.54, 1.807) is 0 Å². The lowest BCUT2D eigenvalue weighted by Crippen LogP contribution is -2.13. The molecule has 2 heterocycles. The lowest BCUT2D eigenvalue weighted by Gasteiger charge is -1.98. The highest BCUT2D eigenvalue weighted by Gasteiger charge is 2.16. The van der Waals surface area contributed by atoms with Crippen molar-refractivity contribution in [2.24, 2.45) is 0 Å². The van der Waals surface area contributed by atoms with Gasteiger partial charge in [-0.05, 0) is 5.92 Å². The van der Waals surface area contributed by atoms with E-state index in [-0.39, 0.29) is 17.6 Å². The molecule has 0 aliphatic heterocycles. The van der Waals surface area contributed by atoms with Gasteiger partial charge in [0.25, 0.3) is 5.91 Å². The summed E-state index contributed by atoms with van der Waals surface area (Å²) in [6.07, 6.45) is 0. The van der Waals surface area contributed by atoms with Crippen LogP contribution in [0.25, 0.3) is 0 Å². The summed E-state index contributed by atoms with van der Waals surface area (Å²) in [6.45, 7) is 8.09. The van der Waals surface area contributed by atoms with Gasteiger partial charge in [0.1, 0.15) is 5.82 Å². The molecule has 1 amide bonds. The van der Waals surface area contributed by atoms with Crippen LogP contribution in [0.3, 0.4) is 0 Å². The van der Waals surface area contributed by atoms with Crippen LogP contribution >= 0.6 is 11.3 Å². The minimum absolute atomic E-state index is 0.144. The smallest absolute Gasteiger partial charge is 0.295 e. The van der Waals surface area contributed by atoms with Gasteiger partial charge in [0.05, 0.1) is 5.69 Å². The number of H-pyrrole nitrogens is 1. The van der Waals surface area contributed by atoms with Crippen molar-refractivity contribution in [3.8, 4) is 0 Å². The zero-order valence-corrected chi connectivity index (χ0v) is 12.2. The molecule has 0 aliphatic carbocycles. The Labute approximate surface area is 115 Å². The molecule has 0 aromatic carbocycles. The molecule has 0 saturated heterocycles. The Hall–Kier alpha value is -1.76. The van der Waals surface area contributed by atoms with Crippen molar-refractivity contribution in [1.82, 2.24) is 20.2 Å². The summed E-state index contributed by atoms with van der Waals surface area (Å²) in [5.41, 5.74) is 0.971. The van der Waals surface area contributed by atoms with Gasteiger partial charge in [0, 0.05) is 11.3 Å². The standard InChI is InChI=1S/C12H17N5OS/c1-6(2)8-5-19-12(13-8)15-11(18)10-14-9(7(3)4)16-17-10/h5-7H,1-4H3,(H,13,15,18)(H,14,16,17). The molecule has 2 aromatic rings. The summed E-state index contributed by atoms with van der Waals surface area (Å²) >= 11 is 1.41. The zero-order chi connectivity index (χ0) is 14.0. The fraction of sp³-hybridized carbons (Fsp3) is 0.500. The second kappa shape index (κ2) is 5.48. The second-order valence-corrected chi connectivity index (χ2v) is 5.74. The lowest BCUT2D eigenvalue weighted by molar-refractivity contribution is 0.101. The van der Waals surface area contributed by atoms with Crippen LogP contribution in [0.15, 0.2) is 5.38 Å². The van der Waals surface area contributed by atoms with E-state index in [9.17, 15) is 4.79 Å². The predicted molar refractivity (Wildman–Crippen MR) is 74.6 cm³/mol. The van der Waals surface area contributed by atoms with Crippen molar-refractivity contribution in [2.45, 2.75) is 39.5 Å². The van der Waals surface area contributed by atoms with Gasteiger partial charge >= 0.3 is 0 Å². The topological polar surface area (TPSA) is 83.6 Å². The van der Waals surface area contributed by atoms with Crippen LogP contribution in [0.4, 0.5) is 5.13 Å². The number of anilines is 1. The van der Waals surface area contributed by atoms with Crippen molar-refractivity contribution in [3.05, 3.63) is 22.7 Å². The molecule has 2 rings (SSSR count). The highest BCUT2D eigenvalue weighted by atomic mass is 32.1. The van der Waals surface area contributed by atoms with Gasteiger partial charge in [-0.1, -0.05) is 27.7 Å². The van der Waals surface area contributed by atoms with E-state index in [4.69, 9.17) is 0 Å². The molecule has 102 valence electrons. The van der Waals surface area contributed by atoms with Gasteiger partial charge in [0.2, 0.25) is 5.82 Å². The molecule has 2 N–H and O–H groups in total. The first-order valence-corrected chi connectivity index (χ1v) is 7.04. The maximum absolute atomic E-state index is 11.9. The van der Waals surface area contributed by atoms with Crippen LogP contribution in [0, 0.1) is 0 Å². The van der Waals surface area contributed by atoms with E-state index in [0.717, 1.165) is 5.69 Å². The molecule has 0 aliphatic rings. The Morgan fingerprint density at radius 3 is 2.53 bits per heavy atom. The quantitative estimate of drug-likeness (QED) is 0.901. The number of aromatic amines is 1. The Morgan fingerprint density at radius 1 is 1.26 bits per heavy atom. The minimum Gasteiger partial charge on any atom is -0.295 e. The number of aromatic nitrogens is 4. The van der Waals surface area contributed by atoms with Crippen molar-refractivity contribution in [1.29, 1.82) is 0 Å². The van der Waals surface area contributed by atoms with Gasteiger partial charge in [-0.15, -0.1) is 16.4 Å². The predicted octanol–water partition coefficient (Wildman–Crippen LogP) is 2.76. The lowest BCUT2D eigenvalue weighted by atomic mass is 10.2. The summed E-state index contributed by atoms with van der Waals surface area (Å²) in [7, 11) is 0. The van der Waals surface area contributed by atoms with Crippen molar-refractivity contribution < 1.29 is 4.79 Å². The van der Waals surface area contributed by atoms with E-state index < -0.39 is 0 Å². The largest absolute Gasteiger partial charge is 0.297 e. The third kappa shape index (κ3) is 3.17. The molecule has 0 bridgehead atoms. The van der Waals surface area contributed by atoms with Gasteiger partial charge < -0.3 is 0 Å². The number of hydrogen-bond donors (Lipinski definition) is 2. The highest BCUT2D eigenvalue weighted by Crippen LogP contribution is 2.21. The summed E-state index contributed by atoms with van der Waals surface area (Å²) in [6, 6.07) is 0. The molecule has 0 atom stereocenters. The van der Waals surface area contributed by atoms with E-state index in [1.807, 2.05) is 19.2 Å².